The fourth-order valence-electron chi connectivity index (χ4n) is 7.86. The predicted molar refractivity (Wildman–Crippen MR) is 273 cm³/mol. The van der Waals surface area contributed by atoms with E-state index >= 15 is 0 Å². The van der Waals surface area contributed by atoms with Gasteiger partial charge in [-0.15, -0.1) is 0 Å². The lowest BCUT2D eigenvalue weighted by atomic mass is 10.0. The van der Waals surface area contributed by atoms with Gasteiger partial charge in [-0.25, -0.2) is 0 Å². The first-order valence-corrected chi connectivity index (χ1v) is 26.7. The lowest BCUT2D eigenvalue weighted by Crippen LogP contribution is -2.46. The molecule has 1 amide bonds. The number of aliphatic hydroxyl groups excluding tert-OH is 2. The van der Waals surface area contributed by atoms with E-state index in [1.165, 1.54) is 109 Å². The normalized spacial score (nSPS) is 13.8. The number of carbonyl (C=O) groups excluding carboxylic acids is 2. The summed E-state index contributed by atoms with van der Waals surface area (Å²) in [6.07, 6.45) is 64.0. The van der Waals surface area contributed by atoms with Crippen molar-refractivity contribution in [2.45, 2.75) is 270 Å². The Labute approximate surface area is 390 Å². The molecule has 3 atom stereocenters. The third-order valence-corrected chi connectivity index (χ3v) is 11.8. The lowest BCUT2D eigenvalue weighted by molar-refractivity contribution is -0.151. The zero-order valence-corrected chi connectivity index (χ0v) is 41.4. The van der Waals surface area contributed by atoms with Crippen LogP contribution in [-0.4, -0.2) is 46.9 Å². The average molecular weight is 880 g/mol. The second kappa shape index (κ2) is 50.3. The van der Waals surface area contributed by atoms with Gasteiger partial charge in [0.25, 0.3) is 0 Å². The van der Waals surface area contributed by atoms with Gasteiger partial charge in [0.15, 0.2) is 0 Å². The van der Waals surface area contributed by atoms with Crippen molar-refractivity contribution in [2.75, 3.05) is 6.61 Å². The van der Waals surface area contributed by atoms with E-state index in [0.29, 0.717) is 19.3 Å². The molecule has 0 aliphatic heterocycles. The molecule has 0 aliphatic carbocycles. The highest BCUT2D eigenvalue weighted by atomic mass is 16.5. The molecule has 0 spiro atoms. The molecule has 0 saturated heterocycles. The molecule has 3 N–H and O–H groups in total. The Morgan fingerprint density at radius 3 is 1.49 bits per heavy atom. The van der Waals surface area contributed by atoms with Crippen LogP contribution >= 0.6 is 0 Å². The van der Waals surface area contributed by atoms with Crippen molar-refractivity contribution in [3.8, 4) is 0 Å². The number of hydrogen-bond donors (Lipinski definition) is 3. The summed E-state index contributed by atoms with van der Waals surface area (Å²) >= 11 is 0. The third kappa shape index (κ3) is 45.7. The summed E-state index contributed by atoms with van der Waals surface area (Å²) in [4.78, 5) is 26.1. The van der Waals surface area contributed by atoms with E-state index in [9.17, 15) is 19.8 Å². The van der Waals surface area contributed by atoms with Gasteiger partial charge in [-0.05, 0) is 77.0 Å². The average Bonchev–Trinajstić information content (AvgIpc) is 3.28. The number of allylic oxidation sites excluding steroid dienone is 12. The SMILES string of the molecule is CC/C=C/C=C/C=C\CCCCCC(CC(=O)NC(CO)C(O)CCCCCCCCCCCCCCCCCCC)OC(=O)CCCCCCCC/C=C/C/C=C/C/C=C/CC. The number of esters is 1. The van der Waals surface area contributed by atoms with Crippen LogP contribution in [0.3, 0.4) is 0 Å². The van der Waals surface area contributed by atoms with Gasteiger partial charge in [0.05, 0.1) is 25.2 Å². The lowest BCUT2D eigenvalue weighted by Gasteiger charge is -2.24. The molecule has 0 aromatic carbocycles. The topological polar surface area (TPSA) is 95.9 Å². The molecule has 364 valence electrons. The minimum absolute atomic E-state index is 0.0467. The third-order valence-electron chi connectivity index (χ3n) is 11.8. The molecule has 0 fully saturated rings. The van der Waals surface area contributed by atoms with Crippen LogP contribution in [0.2, 0.25) is 0 Å². The quantitative estimate of drug-likeness (QED) is 0.0245. The molecule has 0 heterocycles. The standard InChI is InChI=1S/C57H101NO5/c1-4-7-10-13-16-19-22-24-26-28-29-31-34-37-40-43-46-49-55(60)54(52-59)58-56(61)51-53(48-45-42-39-36-33-21-18-15-12-9-6-3)63-57(62)50-47-44-41-38-35-32-30-27-25-23-20-17-14-11-8-5-2/h8-9,11-12,15,17-18,20-21,25,27,33,53-55,59-60H,4-7,10,13-14,16,19,22-24,26,28-32,34-52H2,1-3H3,(H,58,61)/b11-8+,12-9+,18-15+,20-17+,27-25+,33-21-. The van der Waals surface area contributed by atoms with E-state index in [1.807, 2.05) is 12.2 Å². The number of rotatable bonds is 47. The number of aliphatic hydroxyl groups is 2. The number of carbonyl (C=O) groups is 2. The fraction of sp³-hybridized carbons (Fsp3) is 0.754. The molecular formula is C57H101NO5. The maximum absolute atomic E-state index is 13.2. The summed E-state index contributed by atoms with van der Waals surface area (Å²) in [6.45, 7) is 6.24. The van der Waals surface area contributed by atoms with Crippen LogP contribution in [0, 0.1) is 0 Å². The molecule has 0 aliphatic rings. The van der Waals surface area contributed by atoms with Crippen molar-refractivity contribution in [1.29, 1.82) is 0 Å². The van der Waals surface area contributed by atoms with Gasteiger partial charge in [0.2, 0.25) is 5.91 Å². The van der Waals surface area contributed by atoms with Gasteiger partial charge in [0.1, 0.15) is 6.10 Å². The Bertz CT molecular complexity index is 1170. The smallest absolute Gasteiger partial charge is 0.306 e. The maximum Gasteiger partial charge on any atom is 0.306 e. The van der Waals surface area contributed by atoms with E-state index < -0.39 is 18.2 Å². The van der Waals surface area contributed by atoms with Crippen LogP contribution in [0.5, 0.6) is 0 Å². The zero-order valence-electron chi connectivity index (χ0n) is 41.4. The zero-order chi connectivity index (χ0) is 45.9. The monoisotopic (exact) mass is 880 g/mol. The van der Waals surface area contributed by atoms with E-state index in [1.54, 1.807) is 0 Å². The number of ether oxygens (including phenoxy) is 1. The summed E-state index contributed by atoms with van der Waals surface area (Å²) in [5.41, 5.74) is 0. The molecule has 0 saturated carbocycles. The van der Waals surface area contributed by atoms with E-state index in [4.69, 9.17) is 4.74 Å². The van der Waals surface area contributed by atoms with Crippen molar-refractivity contribution in [3.63, 3.8) is 0 Å². The van der Waals surface area contributed by atoms with Crippen LogP contribution < -0.4 is 5.32 Å². The van der Waals surface area contributed by atoms with Gasteiger partial charge < -0.3 is 20.3 Å². The molecule has 3 unspecified atom stereocenters. The fourth-order valence-corrected chi connectivity index (χ4v) is 7.86. The highest BCUT2D eigenvalue weighted by Gasteiger charge is 2.24. The minimum Gasteiger partial charge on any atom is -0.462 e. The van der Waals surface area contributed by atoms with Crippen molar-refractivity contribution in [2.24, 2.45) is 0 Å². The second-order valence-electron chi connectivity index (χ2n) is 17.9. The molecule has 6 heteroatoms. The second-order valence-corrected chi connectivity index (χ2v) is 17.9. The van der Waals surface area contributed by atoms with E-state index in [2.05, 4.69) is 86.8 Å². The van der Waals surface area contributed by atoms with E-state index in [0.717, 1.165) is 96.3 Å². The molecule has 63 heavy (non-hydrogen) atoms. The van der Waals surface area contributed by atoms with Crippen molar-refractivity contribution in [3.05, 3.63) is 72.9 Å². The van der Waals surface area contributed by atoms with Gasteiger partial charge >= 0.3 is 5.97 Å². The Hall–Kier alpha value is -2.70. The Balaban J connectivity index is 4.52. The molecular weight excluding hydrogens is 779 g/mol. The molecule has 0 rings (SSSR count). The summed E-state index contributed by atoms with van der Waals surface area (Å²) < 4.78 is 5.91. The first kappa shape index (κ1) is 60.3. The summed E-state index contributed by atoms with van der Waals surface area (Å²) in [5, 5.41) is 23.8. The molecule has 0 aromatic rings. The number of nitrogens with one attached hydrogen (secondary N) is 1. The number of hydrogen-bond acceptors (Lipinski definition) is 5. The molecule has 0 radical (unpaired) electrons. The highest BCUT2D eigenvalue weighted by molar-refractivity contribution is 5.77. The van der Waals surface area contributed by atoms with Crippen LogP contribution in [0.25, 0.3) is 0 Å². The summed E-state index contributed by atoms with van der Waals surface area (Å²) in [7, 11) is 0. The van der Waals surface area contributed by atoms with Crippen molar-refractivity contribution >= 4 is 11.9 Å². The van der Waals surface area contributed by atoms with Gasteiger partial charge in [-0.2, -0.15) is 0 Å². The van der Waals surface area contributed by atoms with Gasteiger partial charge in [-0.3, -0.25) is 9.59 Å². The van der Waals surface area contributed by atoms with Crippen LogP contribution in [0.4, 0.5) is 0 Å². The van der Waals surface area contributed by atoms with Crippen LogP contribution in [-0.2, 0) is 14.3 Å². The Morgan fingerprint density at radius 1 is 0.492 bits per heavy atom. The molecule has 0 aromatic heterocycles. The van der Waals surface area contributed by atoms with E-state index in [-0.39, 0.29) is 24.9 Å². The van der Waals surface area contributed by atoms with Crippen LogP contribution in [0.1, 0.15) is 252 Å². The van der Waals surface area contributed by atoms with Gasteiger partial charge in [-0.1, -0.05) is 235 Å². The largest absolute Gasteiger partial charge is 0.462 e. The number of unbranched alkanes of at least 4 members (excludes halogenated alkanes) is 25. The number of amides is 1. The van der Waals surface area contributed by atoms with Gasteiger partial charge in [0, 0.05) is 6.42 Å². The predicted octanol–water partition coefficient (Wildman–Crippen LogP) is 16.2. The molecule has 0 bridgehead atoms. The highest BCUT2D eigenvalue weighted by Crippen LogP contribution is 2.18. The Morgan fingerprint density at radius 2 is 0.937 bits per heavy atom. The van der Waals surface area contributed by atoms with Crippen molar-refractivity contribution in [1.82, 2.24) is 5.32 Å². The minimum atomic E-state index is -0.802. The van der Waals surface area contributed by atoms with Crippen LogP contribution in [0.15, 0.2) is 72.9 Å². The summed E-state index contributed by atoms with van der Waals surface area (Å²) in [6, 6.07) is -0.718. The first-order valence-electron chi connectivity index (χ1n) is 26.7. The Kier molecular flexibility index (Phi) is 48.1. The summed E-state index contributed by atoms with van der Waals surface area (Å²) in [5.74, 6) is -0.524. The van der Waals surface area contributed by atoms with Crippen molar-refractivity contribution < 1.29 is 24.5 Å². The molecule has 6 nitrogen and oxygen atoms in total. The first-order chi connectivity index (χ1) is 31.0. The maximum atomic E-state index is 13.2.